The van der Waals surface area contributed by atoms with Crippen LogP contribution in [0.4, 0.5) is 10.8 Å². The molecule has 0 bridgehead atoms. The van der Waals surface area contributed by atoms with Crippen molar-refractivity contribution in [3.05, 3.63) is 47.5 Å². The van der Waals surface area contributed by atoms with E-state index in [4.69, 9.17) is 0 Å². The van der Waals surface area contributed by atoms with Crippen molar-refractivity contribution in [1.82, 2.24) is 15.2 Å². The van der Waals surface area contributed by atoms with Crippen LogP contribution in [0, 0.1) is 5.92 Å². The number of anilines is 2. The Morgan fingerprint density at radius 1 is 1.18 bits per heavy atom. The Labute approximate surface area is 199 Å². The number of hydrogen-bond acceptors (Lipinski definition) is 5. The normalized spacial score (nSPS) is 14.4. The smallest absolute Gasteiger partial charge is 0.246 e. The fourth-order valence-corrected chi connectivity index (χ4v) is 4.67. The number of thiazole rings is 1. The topological polar surface area (TPSA) is 82.6 Å². The third-order valence-electron chi connectivity index (χ3n) is 5.68. The number of carbonyl (C=O) groups excluding carboxylic acids is 3. The first-order valence-electron chi connectivity index (χ1n) is 11.6. The monoisotopic (exact) mass is 468 g/mol. The molecule has 7 nitrogen and oxygen atoms in total. The molecule has 1 saturated heterocycles. The van der Waals surface area contributed by atoms with Gasteiger partial charge in [0.2, 0.25) is 17.7 Å². The first-order chi connectivity index (χ1) is 16.0. The van der Waals surface area contributed by atoms with Gasteiger partial charge in [0.25, 0.3) is 0 Å². The van der Waals surface area contributed by atoms with Gasteiger partial charge in [-0.05, 0) is 37.5 Å². The van der Waals surface area contributed by atoms with Crippen LogP contribution in [0.25, 0.3) is 6.08 Å². The van der Waals surface area contributed by atoms with Crippen LogP contribution in [0.15, 0.2) is 41.8 Å². The highest BCUT2D eigenvalue weighted by Gasteiger charge is 2.26. The Kier molecular flexibility index (Phi) is 9.18. The molecule has 0 spiro atoms. The molecule has 176 valence electrons. The highest BCUT2D eigenvalue weighted by molar-refractivity contribution is 7.14. The van der Waals surface area contributed by atoms with Gasteiger partial charge in [0.05, 0.1) is 11.4 Å². The lowest BCUT2D eigenvalue weighted by atomic mass is 9.95. The maximum absolute atomic E-state index is 12.6. The number of aromatic nitrogens is 1. The van der Waals surface area contributed by atoms with Crippen LogP contribution in [0.3, 0.4) is 0 Å². The van der Waals surface area contributed by atoms with E-state index >= 15 is 0 Å². The van der Waals surface area contributed by atoms with Gasteiger partial charge in [-0.2, -0.15) is 0 Å². The molecular formula is C25H32N4O3S. The summed E-state index contributed by atoms with van der Waals surface area (Å²) in [6, 6.07) is 9.36. The lowest BCUT2D eigenvalue weighted by molar-refractivity contribution is -0.132. The Balaban J connectivity index is 1.52. The Hall–Kier alpha value is -3.00. The molecular weight excluding hydrogens is 436 g/mol. The van der Waals surface area contributed by atoms with Gasteiger partial charge in [-0.3, -0.25) is 19.3 Å². The predicted molar refractivity (Wildman–Crippen MR) is 132 cm³/mol. The van der Waals surface area contributed by atoms with Crippen molar-refractivity contribution in [2.24, 2.45) is 5.92 Å². The van der Waals surface area contributed by atoms with Crippen LogP contribution >= 0.6 is 11.3 Å². The van der Waals surface area contributed by atoms with Gasteiger partial charge < -0.3 is 10.2 Å². The molecule has 1 aromatic carbocycles. The van der Waals surface area contributed by atoms with Gasteiger partial charge in [-0.1, -0.05) is 38.0 Å². The first kappa shape index (κ1) is 24.6. The second-order valence-corrected chi connectivity index (χ2v) is 9.01. The van der Waals surface area contributed by atoms with E-state index in [2.05, 4.69) is 17.2 Å². The zero-order chi connectivity index (χ0) is 23.6. The van der Waals surface area contributed by atoms with E-state index in [1.165, 1.54) is 24.3 Å². The zero-order valence-electron chi connectivity index (χ0n) is 19.3. The summed E-state index contributed by atoms with van der Waals surface area (Å²) >= 11 is 1.35. The molecule has 33 heavy (non-hydrogen) atoms. The molecule has 2 heterocycles. The summed E-state index contributed by atoms with van der Waals surface area (Å²) in [4.78, 5) is 44.9. The summed E-state index contributed by atoms with van der Waals surface area (Å²) in [5, 5.41) is 5.41. The number of carbonyl (C=O) groups is 3. The van der Waals surface area contributed by atoms with Crippen molar-refractivity contribution < 1.29 is 14.4 Å². The molecule has 1 fully saturated rings. The summed E-state index contributed by atoms with van der Waals surface area (Å²) in [5.41, 5.74) is 1.38. The number of piperidine rings is 1. The molecule has 0 unspecified atom stereocenters. The van der Waals surface area contributed by atoms with E-state index in [0.717, 1.165) is 31.5 Å². The summed E-state index contributed by atoms with van der Waals surface area (Å²) < 4.78 is 0. The van der Waals surface area contributed by atoms with Crippen molar-refractivity contribution >= 4 is 46.0 Å². The van der Waals surface area contributed by atoms with Gasteiger partial charge in [0.15, 0.2) is 5.13 Å². The Bertz CT molecular complexity index is 965. The minimum Gasteiger partial charge on any atom is -0.356 e. The summed E-state index contributed by atoms with van der Waals surface area (Å²) in [7, 11) is 0. The van der Waals surface area contributed by atoms with Gasteiger partial charge in [-0.15, -0.1) is 11.3 Å². The van der Waals surface area contributed by atoms with Gasteiger partial charge in [0.1, 0.15) is 0 Å². The number of amides is 3. The lowest BCUT2D eigenvalue weighted by Gasteiger charge is -2.30. The van der Waals surface area contributed by atoms with Crippen molar-refractivity contribution in [3.63, 3.8) is 0 Å². The molecule has 1 aliphatic heterocycles. The maximum atomic E-state index is 12.6. The second-order valence-electron chi connectivity index (χ2n) is 8.18. The first-order valence-corrected chi connectivity index (χ1v) is 12.4. The second kappa shape index (κ2) is 12.3. The number of nitrogens with zero attached hydrogens (tertiary/aromatic N) is 3. The van der Waals surface area contributed by atoms with Crippen LogP contribution in [0.2, 0.25) is 0 Å². The van der Waals surface area contributed by atoms with Gasteiger partial charge >= 0.3 is 0 Å². The fraction of sp³-hybridized carbons (Fsp3) is 0.440. The molecule has 1 aromatic heterocycles. The quantitative estimate of drug-likeness (QED) is 0.437. The molecule has 3 amide bonds. The number of likely N-dealkylation sites (tertiary alicyclic amines) is 1. The molecule has 8 heteroatoms. The molecule has 0 aliphatic carbocycles. The van der Waals surface area contributed by atoms with Crippen LogP contribution < -0.4 is 10.2 Å². The number of para-hydroxylation sites is 1. The minimum absolute atomic E-state index is 0.0173. The molecule has 1 aliphatic rings. The predicted octanol–water partition coefficient (Wildman–Crippen LogP) is 4.39. The van der Waals surface area contributed by atoms with E-state index in [-0.39, 0.29) is 23.6 Å². The van der Waals surface area contributed by atoms with Gasteiger partial charge in [0, 0.05) is 43.9 Å². The molecule has 0 saturated carbocycles. The Morgan fingerprint density at radius 2 is 1.91 bits per heavy atom. The highest BCUT2D eigenvalue weighted by atomic mass is 32.1. The number of hydrogen-bond donors (Lipinski definition) is 1. The zero-order valence-corrected chi connectivity index (χ0v) is 20.1. The third-order valence-corrected chi connectivity index (χ3v) is 6.53. The average Bonchev–Trinajstić information content (AvgIpc) is 3.29. The van der Waals surface area contributed by atoms with E-state index in [1.54, 1.807) is 15.9 Å². The number of unbranched alkanes of at least 4 members (excludes halogenated alkanes) is 2. The largest absolute Gasteiger partial charge is 0.356 e. The van der Waals surface area contributed by atoms with Crippen LogP contribution in [-0.4, -0.2) is 47.2 Å². The average molecular weight is 469 g/mol. The van der Waals surface area contributed by atoms with E-state index < -0.39 is 0 Å². The fourth-order valence-electron chi connectivity index (χ4n) is 3.81. The maximum Gasteiger partial charge on any atom is 0.246 e. The van der Waals surface area contributed by atoms with Crippen LogP contribution in [0.1, 0.15) is 51.6 Å². The minimum atomic E-state index is -0.126. The molecule has 2 aromatic rings. The SMILES string of the molecule is CCCCCNC(=O)C1CCN(C(=O)/C=C/c2csc(N(C(C)=O)c3ccccc3)n2)CC1. The van der Waals surface area contributed by atoms with Crippen LogP contribution in [0.5, 0.6) is 0 Å². The van der Waals surface area contributed by atoms with Gasteiger partial charge in [-0.25, -0.2) is 4.98 Å². The Morgan fingerprint density at radius 3 is 2.58 bits per heavy atom. The lowest BCUT2D eigenvalue weighted by Crippen LogP contribution is -2.42. The molecule has 3 rings (SSSR count). The van der Waals surface area contributed by atoms with E-state index in [9.17, 15) is 14.4 Å². The molecule has 1 N–H and O–H groups in total. The van der Waals surface area contributed by atoms with Crippen molar-refractivity contribution in [2.75, 3.05) is 24.5 Å². The van der Waals surface area contributed by atoms with E-state index in [0.29, 0.717) is 36.8 Å². The highest BCUT2D eigenvalue weighted by Crippen LogP contribution is 2.29. The van der Waals surface area contributed by atoms with Crippen LogP contribution in [-0.2, 0) is 14.4 Å². The summed E-state index contributed by atoms with van der Waals surface area (Å²) in [6.45, 7) is 5.52. The summed E-state index contributed by atoms with van der Waals surface area (Å²) in [5.74, 6) is -0.120. The standard InChI is InChI=1S/C25H32N4O3S/c1-3-4-8-15-26-24(32)20-13-16-28(17-14-20)23(31)12-11-21-18-33-25(27-21)29(19(2)30)22-9-6-5-7-10-22/h5-7,9-12,18,20H,3-4,8,13-17H2,1-2H3,(H,26,32)/b12-11+. The number of nitrogens with one attached hydrogen (secondary N) is 1. The number of rotatable bonds is 9. The molecule has 0 atom stereocenters. The van der Waals surface area contributed by atoms with Crippen molar-refractivity contribution in [2.45, 2.75) is 46.0 Å². The molecule has 0 radical (unpaired) electrons. The summed E-state index contributed by atoms with van der Waals surface area (Å²) in [6.07, 6.45) is 7.84. The van der Waals surface area contributed by atoms with Crippen molar-refractivity contribution in [3.8, 4) is 0 Å². The number of benzene rings is 1. The van der Waals surface area contributed by atoms with Crippen molar-refractivity contribution in [1.29, 1.82) is 0 Å². The van der Waals surface area contributed by atoms with E-state index in [1.807, 2.05) is 35.7 Å². The third kappa shape index (κ3) is 6.99.